The molecule has 0 aromatic carbocycles. The Morgan fingerprint density at radius 3 is 2.56 bits per heavy atom. The van der Waals surface area contributed by atoms with Gasteiger partial charge in [0, 0.05) is 19.3 Å². The van der Waals surface area contributed by atoms with Crippen molar-refractivity contribution in [2.75, 3.05) is 13.2 Å². The molecule has 6 heteroatoms. The van der Waals surface area contributed by atoms with Crippen LogP contribution in [0.25, 0.3) is 0 Å². The lowest BCUT2D eigenvalue weighted by Crippen LogP contribution is -2.58. The monoisotopic (exact) mass is 230 g/mol. The first-order valence-electron chi connectivity index (χ1n) is 5.33. The van der Waals surface area contributed by atoms with Crippen LogP contribution in [0, 0.1) is 0 Å². The van der Waals surface area contributed by atoms with Gasteiger partial charge in [-0.25, -0.2) is 0 Å². The van der Waals surface area contributed by atoms with Gasteiger partial charge in [0.25, 0.3) is 0 Å². The second-order valence-corrected chi connectivity index (χ2v) is 4.24. The van der Waals surface area contributed by atoms with Gasteiger partial charge in [0.15, 0.2) is 0 Å². The van der Waals surface area contributed by atoms with Crippen LogP contribution < -0.4 is 11.1 Å². The van der Waals surface area contributed by atoms with E-state index in [4.69, 9.17) is 15.6 Å². The number of ether oxygens (including phenoxy) is 1. The van der Waals surface area contributed by atoms with Crippen LogP contribution in [0.4, 0.5) is 0 Å². The maximum Gasteiger partial charge on any atom is 0.305 e. The summed E-state index contributed by atoms with van der Waals surface area (Å²) in [5.74, 6) is -1.23. The number of aliphatic carboxylic acids is 1. The van der Waals surface area contributed by atoms with E-state index in [1.165, 1.54) is 0 Å². The number of carboxylic acid groups (broad SMARTS) is 1. The third kappa shape index (κ3) is 3.46. The summed E-state index contributed by atoms with van der Waals surface area (Å²) in [6.07, 6.45) is 0.843. The van der Waals surface area contributed by atoms with E-state index >= 15 is 0 Å². The highest BCUT2D eigenvalue weighted by Crippen LogP contribution is 2.17. The van der Waals surface area contributed by atoms with Gasteiger partial charge in [0.05, 0.1) is 12.0 Å². The molecule has 1 unspecified atom stereocenters. The van der Waals surface area contributed by atoms with E-state index in [1.807, 2.05) is 0 Å². The normalized spacial score (nSPS) is 21.1. The molecule has 1 aliphatic heterocycles. The molecule has 16 heavy (non-hydrogen) atoms. The van der Waals surface area contributed by atoms with Crippen molar-refractivity contribution >= 4 is 11.9 Å². The van der Waals surface area contributed by atoms with Crippen molar-refractivity contribution in [2.24, 2.45) is 5.73 Å². The zero-order chi connectivity index (χ0) is 12.2. The molecule has 1 fully saturated rings. The van der Waals surface area contributed by atoms with Gasteiger partial charge in [0.2, 0.25) is 5.91 Å². The molecule has 4 N–H and O–H groups in total. The van der Waals surface area contributed by atoms with E-state index in [1.54, 1.807) is 6.92 Å². The fourth-order valence-electron chi connectivity index (χ4n) is 1.64. The summed E-state index contributed by atoms with van der Waals surface area (Å²) in [5.41, 5.74) is 5.03. The molecule has 0 aromatic heterocycles. The van der Waals surface area contributed by atoms with Crippen molar-refractivity contribution in [2.45, 2.75) is 37.8 Å². The van der Waals surface area contributed by atoms with Crippen LogP contribution in [-0.2, 0) is 14.3 Å². The number of carboxylic acids is 1. The number of carbonyl (C=O) groups is 2. The summed E-state index contributed by atoms with van der Waals surface area (Å²) in [4.78, 5) is 22.3. The standard InChI is InChI=1S/C10H18N2O4/c1-7(6-8(13)14)12-9(15)10(11)2-4-16-5-3-10/h7H,2-6,11H2,1H3,(H,12,15)(H,13,14). The van der Waals surface area contributed by atoms with E-state index in [0.29, 0.717) is 26.1 Å². The summed E-state index contributed by atoms with van der Waals surface area (Å²) in [6.45, 7) is 2.59. The molecule has 0 aromatic rings. The van der Waals surface area contributed by atoms with Gasteiger partial charge in [-0.3, -0.25) is 9.59 Å². The molecule has 0 bridgehead atoms. The van der Waals surface area contributed by atoms with Gasteiger partial charge in [0.1, 0.15) is 0 Å². The van der Waals surface area contributed by atoms with E-state index < -0.39 is 17.6 Å². The zero-order valence-corrected chi connectivity index (χ0v) is 9.36. The van der Waals surface area contributed by atoms with Gasteiger partial charge in [-0.2, -0.15) is 0 Å². The van der Waals surface area contributed by atoms with Gasteiger partial charge >= 0.3 is 5.97 Å². The molecule has 92 valence electrons. The van der Waals surface area contributed by atoms with Crippen LogP contribution in [0.15, 0.2) is 0 Å². The van der Waals surface area contributed by atoms with E-state index in [2.05, 4.69) is 5.32 Å². The Kier molecular flexibility index (Phi) is 4.26. The average molecular weight is 230 g/mol. The Bertz CT molecular complexity index is 274. The molecule has 1 heterocycles. The summed E-state index contributed by atoms with van der Waals surface area (Å²) in [5, 5.41) is 11.2. The molecule has 0 saturated carbocycles. The first kappa shape index (κ1) is 12.9. The maximum atomic E-state index is 11.8. The zero-order valence-electron chi connectivity index (χ0n) is 9.36. The second kappa shape index (κ2) is 5.27. The molecule has 0 aliphatic carbocycles. The lowest BCUT2D eigenvalue weighted by atomic mass is 9.90. The quantitative estimate of drug-likeness (QED) is 0.603. The van der Waals surface area contributed by atoms with Crippen molar-refractivity contribution in [1.82, 2.24) is 5.32 Å². The fourth-order valence-corrected chi connectivity index (χ4v) is 1.64. The molecule has 1 amide bonds. The van der Waals surface area contributed by atoms with Gasteiger partial charge in [-0.05, 0) is 19.8 Å². The van der Waals surface area contributed by atoms with Crippen LogP contribution >= 0.6 is 0 Å². The number of nitrogens with one attached hydrogen (secondary N) is 1. The number of hydrogen-bond donors (Lipinski definition) is 3. The summed E-state index contributed by atoms with van der Waals surface area (Å²) >= 11 is 0. The Morgan fingerprint density at radius 1 is 1.50 bits per heavy atom. The molecule has 1 saturated heterocycles. The van der Waals surface area contributed by atoms with Crippen LogP contribution in [0.3, 0.4) is 0 Å². The SMILES string of the molecule is CC(CC(=O)O)NC(=O)C1(N)CCOCC1. The smallest absolute Gasteiger partial charge is 0.305 e. The van der Waals surface area contributed by atoms with E-state index in [9.17, 15) is 9.59 Å². The molecular weight excluding hydrogens is 212 g/mol. The van der Waals surface area contributed by atoms with Gasteiger partial charge in [-0.15, -0.1) is 0 Å². The molecule has 0 spiro atoms. The number of nitrogens with two attached hydrogens (primary N) is 1. The first-order chi connectivity index (χ1) is 7.44. The largest absolute Gasteiger partial charge is 0.481 e. The van der Waals surface area contributed by atoms with Crippen LogP contribution in [0.5, 0.6) is 0 Å². The molecular formula is C10H18N2O4. The summed E-state index contributed by atoms with van der Waals surface area (Å²) in [7, 11) is 0. The maximum absolute atomic E-state index is 11.8. The van der Waals surface area contributed by atoms with Crippen molar-refractivity contribution < 1.29 is 19.4 Å². The summed E-state index contributed by atoms with van der Waals surface area (Å²) < 4.78 is 5.13. The number of amides is 1. The predicted octanol–water partition coefficient (Wildman–Crippen LogP) is -0.526. The number of hydrogen-bond acceptors (Lipinski definition) is 4. The molecule has 1 rings (SSSR count). The third-order valence-corrected chi connectivity index (χ3v) is 2.70. The number of rotatable bonds is 4. The molecule has 1 atom stereocenters. The lowest BCUT2D eigenvalue weighted by Gasteiger charge is -2.32. The second-order valence-electron chi connectivity index (χ2n) is 4.24. The minimum absolute atomic E-state index is 0.0989. The Labute approximate surface area is 94.1 Å². The molecule has 6 nitrogen and oxygen atoms in total. The van der Waals surface area contributed by atoms with Crippen molar-refractivity contribution in [1.29, 1.82) is 0 Å². The highest BCUT2D eigenvalue weighted by Gasteiger charge is 2.36. The highest BCUT2D eigenvalue weighted by atomic mass is 16.5. The van der Waals surface area contributed by atoms with Gasteiger partial charge < -0.3 is 20.9 Å². The van der Waals surface area contributed by atoms with E-state index in [0.717, 1.165) is 0 Å². The lowest BCUT2D eigenvalue weighted by molar-refractivity contribution is -0.138. The third-order valence-electron chi connectivity index (χ3n) is 2.70. The average Bonchev–Trinajstić information content (AvgIpc) is 2.17. The van der Waals surface area contributed by atoms with Crippen molar-refractivity contribution in [3.05, 3.63) is 0 Å². The fraction of sp³-hybridized carbons (Fsp3) is 0.800. The number of carbonyl (C=O) groups excluding carboxylic acids is 1. The first-order valence-corrected chi connectivity index (χ1v) is 5.33. The Hall–Kier alpha value is -1.14. The van der Waals surface area contributed by atoms with Gasteiger partial charge in [-0.1, -0.05) is 0 Å². The van der Waals surface area contributed by atoms with Crippen LogP contribution in [-0.4, -0.2) is 41.8 Å². The summed E-state index contributed by atoms with van der Waals surface area (Å²) in [6, 6.07) is -0.409. The topological polar surface area (TPSA) is 102 Å². The van der Waals surface area contributed by atoms with Crippen molar-refractivity contribution in [3.8, 4) is 0 Å². The minimum Gasteiger partial charge on any atom is -0.481 e. The molecule has 0 radical (unpaired) electrons. The van der Waals surface area contributed by atoms with Crippen LogP contribution in [0.1, 0.15) is 26.2 Å². The predicted molar refractivity (Wildman–Crippen MR) is 56.8 cm³/mol. The Balaban J connectivity index is 2.47. The highest BCUT2D eigenvalue weighted by molar-refractivity contribution is 5.86. The van der Waals surface area contributed by atoms with Crippen molar-refractivity contribution in [3.63, 3.8) is 0 Å². The minimum atomic E-state index is -0.939. The van der Waals surface area contributed by atoms with Crippen LogP contribution in [0.2, 0.25) is 0 Å². The molecule has 1 aliphatic rings. The van der Waals surface area contributed by atoms with E-state index in [-0.39, 0.29) is 12.3 Å². The Morgan fingerprint density at radius 2 is 2.06 bits per heavy atom.